The lowest BCUT2D eigenvalue weighted by Gasteiger charge is -2.20. The highest BCUT2D eigenvalue weighted by Crippen LogP contribution is 2.30. The Hall–Kier alpha value is -3.31. The first-order chi connectivity index (χ1) is 16.0. The number of carboxylic acid groups (broad SMARTS) is 1. The molecular formula is C28H31ClN2O3. The summed E-state index contributed by atoms with van der Waals surface area (Å²) in [5, 5.41) is 16.0. The molecule has 6 heteroatoms. The summed E-state index contributed by atoms with van der Waals surface area (Å²) in [6.45, 7) is 11.4. The molecule has 3 rings (SSSR count). The molecule has 0 aliphatic heterocycles. The molecule has 0 saturated heterocycles. The molecule has 5 nitrogen and oxygen atoms in total. The Labute approximate surface area is 206 Å². The molecule has 1 amide bonds. The quantitative estimate of drug-likeness (QED) is 0.356. The van der Waals surface area contributed by atoms with Gasteiger partial charge in [0, 0.05) is 22.3 Å². The van der Waals surface area contributed by atoms with Gasteiger partial charge in [-0.25, -0.2) is 0 Å². The van der Waals surface area contributed by atoms with Crippen LogP contribution < -0.4 is 10.6 Å². The molecule has 0 bridgehead atoms. The highest BCUT2D eigenvalue weighted by Gasteiger charge is 2.19. The molecular weight excluding hydrogens is 448 g/mol. The number of hydrogen-bond donors (Lipinski definition) is 3. The molecule has 178 valence electrons. The molecule has 0 aromatic heterocycles. The van der Waals surface area contributed by atoms with Crippen molar-refractivity contribution in [3.05, 3.63) is 86.9 Å². The number of amides is 1. The van der Waals surface area contributed by atoms with Crippen LogP contribution in [0.5, 0.6) is 0 Å². The fraction of sp³-hybridized carbons (Fsp3) is 0.286. The number of benzene rings is 3. The van der Waals surface area contributed by atoms with E-state index < -0.39 is 12.0 Å². The molecule has 34 heavy (non-hydrogen) atoms. The van der Waals surface area contributed by atoms with Gasteiger partial charge < -0.3 is 15.7 Å². The number of aryl methyl sites for hydroxylation is 4. The van der Waals surface area contributed by atoms with Crippen LogP contribution in [0.4, 0.5) is 5.69 Å². The third-order valence-electron chi connectivity index (χ3n) is 6.07. The Morgan fingerprint density at radius 1 is 0.853 bits per heavy atom. The molecule has 0 spiro atoms. The number of rotatable bonds is 7. The van der Waals surface area contributed by atoms with E-state index in [0.717, 1.165) is 44.1 Å². The zero-order valence-electron chi connectivity index (χ0n) is 20.4. The lowest BCUT2D eigenvalue weighted by atomic mass is 9.94. The second-order valence-electron chi connectivity index (χ2n) is 8.92. The predicted molar refractivity (Wildman–Crippen MR) is 139 cm³/mol. The van der Waals surface area contributed by atoms with Crippen molar-refractivity contribution < 1.29 is 14.7 Å². The smallest absolute Gasteiger partial charge is 0.325 e. The fourth-order valence-corrected chi connectivity index (χ4v) is 4.42. The van der Waals surface area contributed by atoms with E-state index in [4.69, 9.17) is 16.7 Å². The third-order valence-corrected chi connectivity index (χ3v) is 6.48. The van der Waals surface area contributed by atoms with Crippen LogP contribution in [0.2, 0.25) is 5.02 Å². The lowest BCUT2D eigenvalue weighted by molar-refractivity contribution is -0.138. The first-order valence-electron chi connectivity index (χ1n) is 11.3. The number of aliphatic carboxylic acids is 1. The second-order valence-corrected chi connectivity index (χ2v) is 9.33. The average molecular weight is 479 g/mol. The molecule has 3 N–H and O–H groups in total. The number of carboxylic acids is 1. The standard InChI is InChI=1S/C28H31ClN2O3/c1-15-13-25(29)16(2)12-24(15)19(5)30-23-9-7-8-21(14-23)22-10-17(3)26(18(4)11-22)27(32)31-20(6)28(33)34/h7-14,19-20,30H,1-6H3,(H,31,32)(H,33,34)/t19?,20-/m0/s1. The van der Waals surface area contributed by atoms with Crippen molar-refractivity contribution in [2.75, 3.05) is 5.32 Å². The van der Waals surface area contributed by atoms with Crippen molar-refractivity contribution >= 4 is 29.2 Å². The fourth-order valence-electron chi connectivity index (χ4n) is 4.20. The Balaban J connectivity index is 1.86. The van der Waals surface area contributed by atoms with E-state index >= 15 is 0 Å². The number of carbonyl (C=O) groups is 2. The summed E-state index contributed by atoms with van der Waals surface area (Å²) in [6, 6.07) is 15.4. The van der Waals surface area contributed by atoms with Gasteiger partial charge in [-0.15, -0.1) is 0 Å². The summed E-state index contributed by atoms with van der Waals surface area (Å²) in [4.78, 5) is 23.7. The topological polar surface area (TPSA) is 78.4 Å². The van der Waals surface area contributed by atoms with Gasteiger partial charge in [0.25, 0.3) is 5.91 Å². The summed E-state index contributed by atoms with van der Waals surface area (Å²) in [5.41, 5.74) is 8.50. The average Bonchev–Trinajstić information content (AvgIpc) is 2.75. The van der Waals surface area contributed by atoms with Gasteiger partial charge >= 0.3 is 5.97 Å². The normalized spacial score (nSPS) is 12.7. The van der Waals surface area contributed by atoms with Crippen LogP contribution in [-0.2, 0) is 4.79 Å². The van der Waals surface area contributed by atoms with E-state index in [1.54, 1.807) is 0 Å². The van der Waals surface area contributed by atoms with E-state index in [2.05, 4.69) is 36.6 Å². The van der Waals surface area contributed by atoms with Gasteiger partial charge in [-0.2, -0.15) is 0 Å². The van der Waals surface area contributed by atoms with E-state index in [9.17, 15) is 9.59 Å². The zero-order valence-corrected chi connectivity index (χ0v) is 21.2. The summed E-state index contributed by atoms with van der Waals surface area (Å²) >= 11 is 6.26. The van der Waals surface area contributed by atoms with Gasteiger partial charge in [0.1, 0.15) is 6.04 Å². The van der Waals surface area contributed by atoms with E-state index in [1.165, 1.54) is 12.5 Å². The summed E-state index contributed by atoms with van der Waals surface area (Å²) in [6.07, 6.45) is 0. The number of nitrogens with one attached hydrogen (secondary N) is 2. The zero-order chi connectivity index (χ0) is 25.2. The SMILES string of the molecule is Cc1cc(C(C)Nc2cccc(-c3cc(C)c(C(=O)N[C@@H](C)C(=O)O)c(C)c3)c2)c(C)cc1Cl. The Bertz CT molecular complexity index is 1230. The molecule has 1 unspecified atom stereocenters. The van der Waals surface area contributed by atoms with Gasteiger partial charge in [-0.05, 0) is 98.7 Å². The van der Waals surface area contributed by atoms with Crippen molar-refractivity contribution in [3.63, 3.8) is 0 Å². The molecule has 0 saturated carbocycles. The minimum absolute atomic E-state index is 0.0944. The molecule has 3 aromatic rings. The minimum atomic E-state index is -1.07. The maximum atomic E-state index is 12.6. The van der Waals surface area contributed by atoms with Crippen molar-refractivity contribution in [1.29, 1.82) is 0 Å². The van der Waals surface area contributed by atoms with Crippen LogP contribution in [0.15, 0.2) is 48.5 Å². The second kappa shape index (κ2) is 10.3. The van der Waals surface area contributed by atoms with Crippen LogP contribution in [0.3, 0.4) is 0 Å². The van der Waals surface area contributed by atoms with Crippen molar-refractivity contribution in [2.45, 2.75) is 53.6 Å². The predicted octanol–water partition coefficient (Wildman–Crippen LogP) is 6.62. The van der Waals surface area contributed by atoms with E-state index in [1.807, 2.05) is 57.2 Å². The van der Waals surface area contributed by atoms with Crippen LogP contribution >= 0.6 is 11.6 Å². The highest BCUT2D eigenvalue weighted by atomic mass is 35.5. The number of hydrogen-bond acceptors (Lipinski definition) is 3. The molecule has 0 heterocycles. The maximum Gasteiger partial charge on any atom is 0.325 e. The van der Waals surface area contributed by atoms with Crippen LogP contribution in [0.25, 0.3) is 11.1 Å². The summed E-state index contributed by atoms with van der Waals surface area (Å²) in [5.74, 6) is -1.45. The van der Waals surface area contributed by atoms with Gasteiger partial charge in [-0.1, -0.05) is 41.9 Å². The molecule has 0 radical (unpaired) electrons. The molecule has 0 aliphatic carbocycles. The van der Waals surface area contributed by atoms with Crippen LogP contribution in [0.1, 0.15) is 58.1 Å². The summed E-state index contributed by atoms with van der Waals surface area (Å²) < 4.78 is 0. The van der Waals surface area contributed by atoms with Gasteiger partial charge in [-0.3, -0.25) is 9.59 Å². The lowest BCUT2D eigenvalue weighted by Crippen LogP contribution is -2.38. The Kier molecular flexibility index (Phi) is 7.68. The van der Waals surface area contributed by atoms with Crippen molar-refractivity contribution in [1.82, 2.24) is 5.32 Å². The van der Waals surface area contributed by atoms with Crippen molar-refractivity contribution in [3.8, 4) is 11.1 Å². The van der Waals surface area contributed by atoms with Gasteiger partial charge in [0.15, 0.2) is 0 Å². The van der Waals surface area contributed by atoms with Crippen LogP contribution in [0, 0.1) is 27.7 Å². The Morgan fingerprint density at radius 3 is 2.12 bits per heavy atom. The Morgan fingerprint density at radius 2 is 1.50 bits per heavy atom. The first-order valence-corrected chi connectivity index (χ1v) is 11.6. The number of carbonyl (C=O) groups excluding carboxylic acids is 1. The molecule has 0 aliphatic rings. The molecule has 2 atom stereocenters. The van der Waals surface area contributed by atoms with Gasteiger partial charge in [0.2, 0.25) is 0 Å². The number of halogens is 1. The van der Waals surface area contributed by atoms with E-state index in [-0.39, 0.29) is 11.9 Å². The van der Waals surface area contributed by atoms with Crippen LogP contribution in [-0.4, -0.2) is 23.0 Å². The number of anilines is 1. The van der Waals surface area contributed by atoms with E-state index in [0.29, 0.717) is 5.56 Å². The largest absolute Gasteiger partial charge is 0.480 e. The van der Waals surface area contributed by atoms with Gasteiger partial charge in [0.05, 0.1) is 0 Å². The third kappa shape index (κ3) is 5.60. The highest BCUT2D eigenvalue weighted by molar-refractivity contribution is 6.31. The molecule has 0 fully saturated rings. The van der Waals surface area contributed by atoms with Crippen molar-refractivity contribution in [2.24, 2.45) is 0 Å². The monoisotopic (exact) mass is 478 g/mol. The maximum absolute atomic E-state index is 12.6. The minimum Gasteiger partial charge on any atom is -0.480 e. The summed E-state index contributed by atoms with van der Waals surface area (Å²) in [7, 11) is 0. The first kappa shape index (κ1) is 25.3. The molecule has 3 aromatic carbocycles.